The predicted molar refractivity (Wildman–Crippen MR) is 92.4 cm³/mol. The van der Waals surface area contributed by atoms with Crippen LogP contribution in [0.15, 0.2) is 36.4 Å². The van der Waals surface area contributed by atoms with Gasteiger partial charge in [-0.1, -0.05) is 5.92 Å². The second kappa shape index (κ2) is 7.72. The third-order valence-electron chi connectivity index (χ3n) is 4.05. The third kappa shape index (κ3) is 4.71. The molecule has 3 aromatic rings. The van der Waals surface area contributed by atoms with Gasteiger partial charge in [0.25, 0.3) is 0 Å². The highest BCUT2D eigenvalue weighted by Gasteiger charge is 2.41. The Hall–Kier alpha value is -3.35. The van der Waals surface area contributed by atoms with E-state index in [1.54, 1.807) is 0 Å². The van der Waals surface area contributed by atoms with Crippen LogP contribution in [0.2, 0.25) is 0 Å². The fraction of sp³-hybridized carbons (Fsp3) is 0.143. The fourth-order valence-electron chi connectivity index (χ4n) is 2.80. The second-order valence-electron chi connectivity index (χ2n) is 6.40. The number of hydrogen-bond acceptors (Lipinski definition) is 1. The van der Waals surface area contributed by atoms with E-state index in [-0.39, 0.29) is 10.9 Å². The quantitative estimate of drug-likeness (QED) is 0.318. The van der Waals surface area contributed by atoms with Gasteiger partial charge in [0.2, 0.25) is 0 Å². The van der Waals surface area contributed by atoms with Crippen molar-refractivity contribution in [3.05, 3.63) is 76.4 Å². The topological polar surface area (TPSA) is 9.23 Å². The molecule has 0 bridgehead atoms. The number of fused-ring (bicyclic) bond motifs is 1. The van der Waals surface area contributed by atoms with E-state index in [9.17, 15) is 39.5 Å². The molecule has 10 heteroatoms. The molecule has 31 heavy (non-hydrogen) atoms. The highest BCUT2D eigenvalue weighted by Crippen LogP contribution is 2.37. The van der Waals surface area contributed by atoms with Crippen molar-refractivity contribution in [2.45, 2.75) is 19.2 Å². The van der Waals surface area contributed by atoms with E-state index in [1.807, 2.05) is 0 Å². The molecule has 3 rings (SSSR count). The maximum absolute atomic E-state index is 14.4. The molecule has 0 N–H and O–H groups in total. The number of ether oxygens (including phenoxy) is 1. The second-order valence-corrected chi connectivity index (χ2v) is 6.40. The Bertz CT molecular complexity index is 1210. The fourth-order valence-corrected chi connectivity index (χ4v) is 2.80. The van der Waals surface area contributed by atoms with E-state index in [4.69, 9.17) is 0 Å². The van der Waals surface area contributed by atoms with Gasteiger partial charge in [-0.05, 0) is 54.3 Å². The molecule has 0 radical (unpaired) electrons. The summed E-state index contributed by atoms with van der Waals surface area (Å²) >= 11 is 0. The Kier molecular flexibility index (Phi) is 5.56. The van der Waals surface area contributed by atoms with Crippen LogP contribution in [0.3, 0.4) is 0 Å². The van der Waals surface area contributed by atoms with Crippen molar-refractivity contribution in [2.24, 2.45) is 0 Å². The van der Waals surface area contributed by atoms with Crippen LogP contribution in [0.5, 0.6) is 5.75 Å². The minimum atomic E-state index is -4.99. The highest BCUT2D eigenvalue weighted by molar-refractivity contribution is 5.86. The summed E-state index contributed by atoms with van der Waals surface area (Å²) in [6, 6.07) is 4.25. The van der Waals surface area contributed by atoms with Gasteiger partial charge in [0.05, 0.1) is 5.56 Å². The van der Waals surface area contributed by atoms with Crippen LogP contribution in [0.25, 0.3) is 10.8 Å². The van der Waals surface area contributed by atoms with Gasteiger partial charge in [0.1, 0.15) is 34.6 Å². The predicted octanol–water partition coefficient (Wildman–Crippen LogP) is 6.75. The molecule has 0 amide bonds. The zero-order chi connectivity index (χ0) is 23.1. The molecule has 0 heterocycles. The Balaban J connectivity index is 2.03. The zero-order valence-corrected chi connectivity index (χ0v) is 15.3. The molecule has 0 aliphatic carbocycles. The smallest absolute Gasteiger partial charge is 0.429 e. The Morgan fingerprint density at radius 1 is 0.806 bits per heavy atom. The summed E-state index contributed by atoms with van der Waals surface area (Å²) in [5.41, 5.74) is -2.77. The first kappa shape index (κ1) is 22.3. The zero-order valence-electron chi connectivity index (χ0n) is 15.3. The monoisotopic (exact) mass is 448 g/mol. The SMILES string of the molecule is Cc1cc(F)c(C(F)(F)Oc2ccc3c(F)c(C#CC(F)(F)F)c(F)cc3c2)c(F)c1. The molecule has 0 atom stereocenters. The van der Waals surface area contributed by atoms with Gasteiger partial charge in [-0.2, -0.15) is 22.0 Å². The molecule has 162 valence electrons. The Morgan fingerprint density at radius 3 is 2.00 bits per heavy atom. The van der Waals surface area contributed by atoms with Gasteiger partial charge in [-0.3, -0.25) is 0 Å². The average Bonchev–Trinajstić information content (AvgIpc) is 2.58. The number of rotatable bonds is 3. The lowest BCUT2D eigenvalue weighted by Gasteiger charge is -2.20. The van der Waals surface area contributed by atoms with Crippen molar-refractivity contribution in [3.8, 4) is 17.6 Å². The molecular weight excluding hydrogens is 439 g/mol. The van der Waals surface area contributed by atoms with Crippen LogP contribution in [0.4, 0.5) is 39.5 Å². The molecule has 0 saturated heterocycles. The molecule has 0 aromatic heterocycles. The molecule has 0 unspecified atom stereocenters. The molecule has 1 nitrogen and oxygen atoms in total. The minimum absolute atomic E-state index is 0.0515. The van der Waals surface area contributed by atoms with Crippen molar-refractivity contribution in [1.29, 1.82) is 0 Å². The van der Waals surface area contributed by atoms with Crippen LogP contribution >= 0.6 is 0 Å². The lowest BCUT2D eigenvalue weighted by atomic mass is 10.0. The first-order valence-corrected chi connectivity index (χ1v) is 8.33. The number of aryl methyl sites for hydroxylation is 1. The lowest BCUT2D eigenvalue weighted by molar-refractivity contribution is -0.189. The van der Waals surface area contributed by atoms with Crippen LogP contribution in [-0.4, -0.2) is 6.18 Å². The van der Waals surface area contributed by atoms with E-state index in [0.717, 1.165) is 24.1 Å². The normalized spacial score (nSPS) is 11.9. The van der Waals surface area contributed by atoms with Crippen LogP contribution in [-0.2, 0) is 6.11 Å². The summed E-state index contributed by atoms with van der Waals surface area (Å²) < 4.78 is 126. The molecule has 0 spiro atoms. The summed E-state index contributed by atoms with van der Waals surface area (Å²) in [4.78, 5) is 0. The molecule has 0 saturated carbocycles. The van der Waals surface area contributed by atoms with E-state index < -0.39 is 57.8 Å². The summed E-state index contributed by atoms with van der Waals surface area (Å²) in [7, 11) is 0. The van der Waals surface area contributed by atoms with E-state index in [1.165, 1.54) is 12.8 Å². The van der Waals surface area contributed by atoms with Gasteiger partial charge in [0, 0.05) is 11.3 Å². The average molecular weight is 448 g/mol. The molecule has 3 aromatic carbocycles. The minimum Gasteiger partial charge on any atom is -0.429 e. The molecular formula is C21H9F9O. The summed E-state index contributed by atoms with van der Waals surface area (Å²) in [6.07, 6.45) is -9.47. The number of alkyl halides is 5. The summed E-state index contributed by atoms with van der Waals surface area (Å²) in [5.74, 6) is -4.66. The van der Waals surface area contributed by atoms with Gasteiger partial charge in [0.15, 0.2) is 0 Å². The van der Waals surface area contributed by atoms with Crippen molar-refractivity contribution in [2.75, 3.05) is 0 Å². The van der Waals surface area contributed by atoms with Crippen LogP contribution in [0.1, 0.15) is 16.7 Å². The Morgan fingerprint density at radius 2 is 1.42 bits per heavy atom. The number of benzene rings is 3. The van der Waals surface area contributed by atoms with Crippen molar-refractivity contribution in [1.82, 2.24) is 0 Å². The third-order valence-corrected chi connectivity index (χ3v) is 4.05. The van der Waals surface area contributed by atoms with Gasteiger partial charge in [-0.25, -0.2) is 17.6 Å². The first-order valence-electron chi connectivity index (χ1n) is 8.33. The van der Waals surface area contributed by atoms with Gasteiger partial charge in [-0.15, -0.1) is 0 Å². The maximum Gasteiger partial charge on any atom is 0.458 e. The van der Waals surface area contributed by atoms with Crippen molar-refractivity contribution in [3.63, 3.8) is 0 Å². The van der Waals surface area contributed by atoms with E-state index in [2.05, 4.69) is 4.74 Å². The van der Waals surface area contributed by atoms with Gasteiger partial charge < -0.3 is 4.74 Å². The first-order chi connectivity index (χ1) is 14.3. The van der Waals surface area contributed by atoms with Crippen LogP contribution in [0, 0.1) is 42.0 Å². The van der Waals surface area contributed by atoms with E-state index >= 15 is 0 Å². The lowest BCUT2D eigenvalue weighted by Crippen LogP contribution is -2.25. The Labute approximate surface area is 169 Å². The summed E-state index contributed by atoms with van der Waals surface area (Å²) in [6.45, 7) is 1.29. The highest BCUT2D eigenvalue weighted by atomic mass is 19.4. The molecule has 0 aliphatic heterocycles. The van der Waals surface area contributed by atoms with Crippen LogP contribution < -0.4 is 4.74 Å². The summed E-state index contributed by atoms with van der Waals surface area (Å²) in [5, 5.41) is -0.790. The maximum atomic E-state index is 14.4. The van der Waals surface area contributed by atoms with E-state index in [0.29, 0.717) is 18.2 Å². The largest absolute Gasteiger partial charge is 0.458 e. The van der Waals surface area contributed by atoms with Crippen molar-refractivity contribution < 1.29 is 44.3 Å². The van der Waals surface area contributed by atoms with Gasteiger partial charge >= 0.3 is 12.3 Å². The van der Waals surface area contributed by atoms with Crippen molar-refractivity contribution >= 4 is 10.8 Å². The molecule has 0 aliphatic rings. The number of hydrogen-bond donors (Lipinski definition) is 0. The molecule has 0 fully saturated rings. The number of halogens is 9. The standard InChI is InChI=1S/C21H9F9O/c1-10-6-16(23)18(17(24)7-10)21(29,30)31-12-2-3-13-11(8-12)9-15(22)14(19(13)25)4-5-20(26,27)28/h2-3,6-9H,1H3.